The standard InChI is InChI=1S/C15H13ClO.C8H7ClO2.C7H8.CH3I.3HI.V/c1-10-3-6-12(7-4-10)15(17)13-9-11(2)5-8-14(13)16;1-5-2-3-7(9)6(4-5)8(10)11;1-7-5-3-2-4-6-7;1-2;;;;/h3-9H,1-2H3;2-4H,1H3,(H,10,11);2-6H,1H3;1H3;3*1H;/q;;;;;;;+3/p-3. The number of aromatic carboxylic acids is 1. The molecule has 0 aliphatic carbocycles. The minimum absolute atomic E-state index is 0.0290. The van der Waals surface area contributed by atoms with E-state index in [-0.39, 0.29) is 21.3 Å². The van der Waals surface area contributed by atoms with E-state index in [1.54, 1.807) is 24.3 Å². The van der Waals surface area contributed by atoms with Crippen LogP contribution in [0.3, 0.4) is 0 Å². The van der Waals surface area contributed by atoms with Gasteiger partial charge in [-0.2, -0.15) is 0 Å². The Balaban J connectivity index is 0.000000572. The van der Waals surface area contributed by atoms with Crippen molar-refractivity contribution < 1.29 is 19.6 Å². The van der Waals surface area contributed by atoms with Gasteiger partial charge in [-0.3, -0.25) is 4.79 Å². The van der Waals surface area contributed by atoms with Gasteiger partial charge in [-0.1, -0.05) is 135 Å². The number of rotatable bonds is 3. The van der Waals surface area contributed by atoms with Crippen LogP contribution in [0.5, 0.6) is 0 Å². The number of hydrogen-bond acceptors (Lipinski definition) is 2. The van der Waals surface area contributed by atoms with Crippen molar-refractivity contribution in [2.24, 2.45) is 0 Å². The first kappa shape index (κ1) is 41.1. The van der Waals surface area contributed by atoms with Gasteiger partial charge in [0.15, 0.2) is 5.78 Å². The van der Waals surface area contributed by atoms with Gasteiger partial charge in [-0.15, -0.1) is 0 Å². The fourth-order valence-corrected chi connectivity index (χ4v) is 3.41. The van der Waals surface area contributed by atoms with Crippen LogP contribution in [-0.4, -0.2) is 21.8 Å². The summed E-state index contributed by atoms with van der Waals surface area (Å²) in [5, 5.41) is 9.39. The van der Waals surface area contributed by atoms with E-state index < -0.39 is 5.97 Å². The number of halogens is 6. The second kappa shape index (κ2) is 23.5. The normalized spacial score (nSPS) is 9.37. The third-order valence-electron chi connectivity index (χ3n) is 4.97. The third-order valence-corrected chi connectivity index (χ3v) is 5.63. The number of aryl methyl sites for hydroxylation is 4. The molecule has 0 amide bonds. The molecule has 0 saturated carbocycles. The molecule has 3 nitrogen and oxygen atoms in total. The summed E-state index contributed by atoms with van der Waals surface area (Å²) in [6.45, 7) is 7.85. The molecule has 4 aromatic rings. The number of carbonyl (C=O) groups is 2. The average molecular weight is 1080 g/mol. The Morgan fingerprint density at radius 1 is 0.610 bits per heavy atom. The second-order valence-corrected chi connectivity index (χ2v) is 44.5. The van der Waals surface area contributed by atoms with Crippen LogP contribution in [0.2, 0.25) is 10.0 Å². The molecule has 0 aliphatic rings. The molecular weight excluding hydrogens is 1050 g/mol. The molecule has 4 rings (SSSR count). The zero-order valence-corrected chi connectivity index (χ0v) is 34.7. The van der Waals surface area contributed by atoms with Crippen molar-refractivity contribution in [3.8, 4) is 0 Å². The van der Waals surface area contributed by atoms with Gasteiger partial charge in [-0.05, 0) is 56.9 Å². The van der Waals surface area contributed by atoms with Crippen LogP contribution in [0.1, 0.15) is 48.5 Å². The number of carboxylic acid groups (broad SMARTS) is 1. The molecule has 0 fully saturated rings. The summed E-state index contributed by atoms with van der Waals surface area (Å²) in [6, 6.07) is 28.2. The molecule has 0 heterocycles. The van der Waals surface area contributed by atoms with Crippen molar-refractivity contribution >= 4 is 117 Å². The van der Waals surface area contributed by atoms with E-state index in [9.17, 15) is 9.59 Å². The molecule has 4 aromatic carbocycles. The molecule has 0 radical (unpaired) electrons. The summed E-state index contributed by atoms with van der Waals surface area (Å²) < 4.78 is 0. The predicted molar refractivity (Wildman–Crippen MR) is 207 cm³/mol. The summed E-state index contributed by atoms with van der Waals surface area (Å²) in [4.78, 5) is 24.4. The van der Waals surface area contributed by atoms with Gasteiger partial charge in [0.05, 0.1) is 15.6 Å². The molecule has 0 atom stereocenters. The summed E-state index contributed by atoms with van der Waals surface area (Å²) >= 11 is 21.2. The molecule has 0 aliphatic heterocycles. The molecule has 0 unspecified atom stereocenters. The molecular formula is C31H31Cl2I4O3V. The molecule has 0 spiro atoms. The van der Waals surface area contributed by atoms with Crippen molar-refractivity contribution in [1.29, 1.82) is 0 Å². The zero-order chi connectivity index (χ0) is 31.5. The van der Waals surface area contributed by atoms with Crippen molar-refractivity contribution in [1.82, 2.24) is 0 Å². The van der Waals surface area contributed by atoms with E-state index in [4.69, 9.17) is 28.3 Å². The second-order valence-electron chi connectivity index (χ2n) is 8.31. The maximum atomic E-state index is 12.2. The summed E-state index contributed by atoms with van der Waals surface area (Å²) in [5.74, 6) is -1.02. The molecule has 10 heteroatoms. The van der Waals surface area contributed by atoms with Gasteiger partial charge >= 0.3 is 70.8 Å². The Bertz CT molecular complexity index is 1350. The number of ketones is 1. The molecule has 1 N–H and O–H groups in total. The first-order valence-corrected chi connectivity index (χ1v) is 28.3. The van der Waals surface area contributed by atoms with Crippen LogP contribution >= 0.6 is 106 Å². The quantitative estimate of drug-likeness (QED) is 0.126. The van der Waals surface area contributed by atoms with Crippen LogP contribution in [0, 0.1) is 27.7 Å². The molecule has 220 valence electrons. The zero-order valence-electron chi connectivity index (χ0n) is 23.1. The maximum absolute atomic E-state index is 12.2. The molecule has 0 aromatic heterocycles. The van der Waals surface area contributed by atoms with Crippen LogP contribution in [0.25, 0.3) is 0 Å². The van der Waals surface area contributed by atoms with Crippen molar-refractivity contribution in [3.05, 3.63) is 140 Å². The van der Waals surface area contributed by atoms with E-state index in [1.165, 1.54) is 5.56 Å². The van der Waals surface area contributed by atoms with Gasteiger partial charge in [-0.25, -0.2) is 4.79 Å². The van der Waals surface area contributed by atoms with Gasteiger partial charge < -0.3 is 5.11 Å². The predicted octanol–water partition coefficient (Wildman–Crippen LogP) is 12.2. The van der Waals surface area contributed by atoms with E-state index in [0.717, 1.165) is 16.7 Å². The molecule has 0 saturated heterocycles. The minimum atomic E-state index is -0.987. The summed E-state index contributed by atoms with van der Waals surface area (Å²) in [6.07, 6.45) is 0. The van der Waals surface area contributed by atoms with Crippen LogP contribution in [0.15, 0.2) is 91.0 Å². The van der Waals surface area contributed by atoms with Crippen molar-refractivity contribution in [2.75, 3.05) is 4.93 Å². The third kappa shape index (κ3) is 18.5. The first-order chi connectivity index (χ1) is 19.3. The fraction of sp³-hybridized carbons (Fsp3) is 0.161. The van der Waals surface area contributed by atoms with E-state index >= 15 is 0 Å². The van der Waals surface area contributed by atoms with Crippen molar-refractivity contribution in [3.63, 3.8) is 0 Å². The Morgan fingerprint density at radius 2 is 0.976 bits per heavy atom. The van der Waals surface area contributed by atoms with E-state index in [1.807, 2.05) is 80.3 Å². The number of hydrogen-bond donors (Lipinski definition) is 1. The number of benzene rings is 4. The first-order valence-electron chi connectivity index (χ1n) is 11.9. The van der Waals surface area contributed by atoms with Crippen LogP contribution in [-0.2, 0) is 4.92 Å². The Labute approximate surface area is 305 Å². The van der Waals surface area contributed by atoms with Crippen LogP contribution in [0.4, 0.5) is 0 Å². The van der Waals surface area contributed by atoms with E-state index in [0.29, 0.717) is 16.1 Å². The monoisotopic (exact) mass is 1080 g/mol. The van der Waals surface area contributed by atoms with Gasteiger partial charge in [0.25, 0.3) is 0 Å². The van der Waals surface area contributed by atoms with E-state index in [2.05, 4.69) is 102 Å². The molecule has 0 bridgehead atoms. The van der Waals surface area contributed by atoms with Gasteiger partial charge in [0, 0.05) is 11.1 Å². The van der Waals surface area contributed by atoms with Crippen LogP contribution < -0.4 is 0 Å². The Hall–Kier alpha value is 0.104. The molecule has 41 heavy (non-hydrogen) atoms. The van der Waals surface area contributed by atoms with Gasteiger partial charge in [0.1, 0.15) is 0 Å². The summed E-state index contributed by atoms with van der Waals surface area (Å²) in [5.41, 5.74) is 5.78. The number of alkyl halides is 1. The Morgan fingerprint density at radius 3 is 1.34 bits per heavy atom. The number of carboxylic acids is 1. The SMILES string of the molecule is CI.Cc1ccc(C(=O)c2cc(C)ccc2Cl)cc1.Cc1ccc(Cl)c(C(=O)O)c1.Cc1ccccc1.[I][V]([I])[I]. The average Bonchev–Trinajstić information content (AvgIpc) is 2.93. The topological polar surface area (TPSA) is 54.4 Å². The van der Waals surface area contributed by atoms with Gasteiger partial charge in [0.2, 0.25) is 0 Å². The van der Waals surface area contributed by atoms with Crippen molar-refractivity contribution in [2.45, 2.75) is 27.7 Å². The fourth-order valence-electron chi connectivity index (χ4n) is 3.01. The summed E-state index contributed by atoms with van der Waals surface area (Å²) in [7, 11) is 0. The number of carbonyl (C=O) groups excluding carboxylic acids is 1. The Kier molecular flexibility index (Phi) is 23.5.